The zero-order valence-electron chi connectivity index (χ0n) is 20.2. The molecule has 38 heavy (non-hydrogen) atoms. The summed E-state index contributed by atoms with van der Waals surface area (Å²) < 4.78 is 18.4. The van der Waals surface area contributed by atoms with Crippen LogP contribution < -0.4 is 15.6 Å². The first-order chi connectivity index (χ1) is 18.3. The van der Waals surface area contributed by atoms with Gasteiger partial charge in [-0.3, -0.25) is 24.7 Å². The number of ether oxygens (including phenoxy) is 1. The molecular formula is C27H23FN4O5S. The van der Waals surface area contributed by atoms with Crippen LogP contribution in [0.2, 0.25) is 0 Å². The van der Waals surface area contributed by atoms with Crippen LogP contribution in [0.5, 0.6) is 0 Å². The SMILES string of the molecule is CCOC(=O)c1ccc(NC(=O)CC2C(=O)N(c3ccc(F)cc3)C(=S)N2NC(=O)c2ccccc2)cc1. The van der Waals surface area contributed by atoms with Gasteiger partial charge in [0.25, 0.3) is 11.8 Å². The first kappa shape index (κ1) is 26.4. The molecule has 1 atom stereocenters. The highest BCUT2D eigenvalue weighted by Gasteiger charge is 2.45. The number of nitrogens with one attached hydrogen (secondary N) is 2. The Balaban J connectivity index is 1.54. The highest BCUT2D eigenvalue weighted by atomic mass is 32.1. The molecule has 1 saturated heterocycles. The lowest BCUT2D eigenvalue weighted by Gasteiger charge is -2.24. The van der Waals surface area contributed by atoms with Crippen LogP contribution in [-0.2, 0) is 14.3 Å². The summed E-state index contributed by atoms with van der Waals surface area (Å²) in [6.07, 6.45) is -0.356. The fraction of sp³-hybridized carbons (Fsp3) is 0.148. The Labute approximate surface area is 223 Å². The van der Waals surface area contributed by atoms with Gasteiger partial charge < -0.3 is 10.1 Å². The van der Waals surface area contributed by atoms with Crippen LogP contribution in [0.1, 0.15) is 34.1 Å². The van der Waals surface area contributed by atoms with Gasteiger partial charge in [0.05, 0.1) is 24.3 Å². The molecule has 1 aliphatic heterocycles. The minimum absolute atomic E-state index is 0.0671. The van der Waals surface area contributed by atoms with Gasteiger partial charge in [0.15, 0.2) is 0 Å². The maximum absolute atomic E-state index is 13.5. The summed E-state index contributed by atoms with van der Waals surface area (Å²) in [6.45, 7) is 1.94. The number of amides is 3. The van der Waals surface area contributed by atoms with Crippen molar-refractivity contribution in [1.29, 1.82) is 0 Å². The van der Waals surface area contributed by atoms with E-state index >= 15 is 0 Å². The van der Waals surface area contributed by atoms with Crippen molar-refractivity contribution in [1.82, 2.24) is 10.4 Å². The number of carbonyl (C=O) groups excluding carboxylic acids is 4. The van der Waals surface area contributed by atoms with Crippen molar-refractivity contribution in [2.75, 3.05) is 16.8 Å². The summed E-state index contributed by atoms with van der Waals surface area (Å²) in [5.41, 5.74) is 3.96. The molecule has 4 rings (SSSR count). The number of halogens is 1. The second-order valence-electron chi connectivity index (χ2n) is 8.18. The molecule has 11 heteroatoms. The molecule has 1 heterocycles. The average molecular weight is 535 g/mol. The smallest absolute Gasteiger partial charge is 0.338 e. The second-order valence-corrected chi connectivity index (χ2v) is 8.54. The first-order valence-corrected chi connectivity index (χ1v) is 12.0. The predicted molar refractivity (Wildman–Crippen MR) is 142 cm³/mol. The van der Waals surface area contributed by atoms with Gasteiger partial charge in [0.1, 0.15) is 11.9 Å². The van der Waals surface area contributed by atoms with E-state index in [0.29, 0.717) is 16.8 Å². The van der Waals surface area contributed by atoms with E-state index in [4.69, 9.17) is 17.0 Å². The van der Waals surface area contributed by atoms with Crippen LogP contribution in [0.25, 0.3) is 0 Å². The van der Waals surface area contributed by atoms with Crippen LogP contribution in [0.15, 0.2) is 78.9 Å². The van der Waals surface area contributed by atoms with E-state index in [0.717, 1.165) is 4.90 Å². The number of rotatable bonds is 8. The summed E-state index contributed by atoms with van der Waals surface area (Å²) in [7, 11) is 0. The van der Waals surface area contributed by atoms with Gasteiger partial charge in [0, 0.05) is 11.3 Å². The van der Waals surface area contributed by atoms with E-state index in [-0.39, 0.29) is 23.8 Å². The zero-order valence-corrected chi connectivity index (χ0v) is 21.0. The quantitative estimate of drug-likeness (QED) is 0.335. The maximum Gasteiger partial charge on any atom is 0.338 e. The van der Waals surface area contributed by atoms with Gasteiger partial charge in [-0.05, 0) is 79.8 Å². The van der Waals surface area contributed by atoms with E-state index in [1.165, 1.54) is 53.5 Å². The normalized spacial score (nSPS) is 14.8. The van der Waals surface area contributed by atoms with Crippen molar-refractivity contribution >= 4 is 52.4 Å². The summed E-state index contributed by atoms with van der Waals surface area (Å²) in [4.78, 5) is 52.2. The molecule has 1 unspecified atom stereocenters. The van der Waals surface area contributed by atoms with Gasteiger partial charge in [-0.2, -0.15) is 0 Å². The van der Waals surface area contributed by atoms with Crippen molar-refractivity contribution in [2.45, 2.75) is 19.4 Å². The lowest BCUT2D eigenvalue weighted by molar-refractivity contribution is -0.124. The number of thiocarbonyl (C=S) groups is 1. The van der Waals surface area contributed by atoms with Gasteiger partial charge in [-0.15, -0.1) is 0 Å². The number of esters is 1. The lowest BCUT2D eigenvalue weighted by atomic mass is 10.1. The Morgan fingerprint density at radius 1 is 0.947 bits per heavy atom. The van der Waals surface area contributed by atoms with Crippen molar-refractivity contribution in [3.63, 3.8) is 0 Å². The van der Waals surface area contributed by atoms with E-state index in [1.54, 1.807) is 37.3 Å². The highest BCUT2D eigenvalue weighted by molar-refractivity contribution is 7.80. The Morgan fingerprint density at radius 3 is 2.24 bits per heavy atom. The van der Waals surface area contributed by atoms with Crippen LogP contribution in [0.4, 0.5) is 15.8 Å². The topological polar surface area (TPSA) is 108 Å². The monoisotopic (exact) mass is 534 g/mol. The number of hydrogen-bond donors (Lipinski definition) is 2. The molecule has 0 aliphatic carbocycles. The lowest BCUT2D eigenvalue weighted by Crippen LogP contribution is -2.49. The molecule has 0 spiro atoms. The van der Waals surface area contributed by atoms with Crippen molar-refractivity contribution in [3.05, 3.63) is 95.8 Å². The molecule has 0 aromatic heterocycles. The van der Waals surface area contributed by atoms with Crippen LogP contribution in [-0.4, -0.2) is 46.5 Å². The van der Waals surface area contributed by atoms with E-state index in [1.807, 2.05) is 0 Å². The molecule has 0 radical (unpaired) electrons. The van der Waals surface area contributed by atoms with E-state index < -0.39 is 35.5 Å². The van der Waals surface area contributed by atoms with Gasteiger partial charge in [0.2, 0.25) is 11.0 Å². The average Bonchev–Trinajstić information content (AvgIpc) is 3.14. The molecule has 1 fully saturated rings. The predicted octanol–water partition coefficient (Wildman–Crippen LogP) is 3.68. The molecule has 0 bridgehead atoms. The largest absolute Gasteiger partial charge is 0.462 e. The van der Waals surface area contributed by atoms with Crippen LogP contribution >= 0.6 is 12.2 Å². The zero-order chi connectivity index (χ0) is 27.2. The molecule has 9 nitrogen and oxygen atoms in total. The molecule has 194 valence electrons. The second kappa shape index (κ2) is 11.6. The third kappa shape index (κ3) is 5.84. The third-order valence-electron chi connectivity index (χ3n) is 5.62. The fourth-order valence-electron chi connectivity index (χ4n) is 3.78. The summed E-state index contributed by atoms with van der Waals surface area (Å²) >= 11 is 5.49. The number of benzene rings is 3. The number of nitrogens with zero attached hydrogens (tertiary/aromatic N) is 2. The van der Waals surface area contributed by atoms with E-state index in [9.17, 15) is 23.6 Å². The summed E-state index contributed by atoms with van der Waals surface area (Å²) in [5.74, 6) is -2.61. The number of hydrazine groups is 1. The third-order valence-corrected chi connectivity index (χ3v) is 6.00. The van der Waals surface area contributed by atoms with Crippen LogP contribution in [0.3, 0.4) is 0 Å². The van der Waals surface area contributed by atoms with Crippen molar-refractivity contribution < 1.29 is 28.3 Å². The van der Waals surface area contributed by atoms with Gasteiger partial charge >= 0.3 is 5.97 Å². The highest BCUT2D eigenvalue weighted by Crippen LogP contribution is 2.27. The van der Waals surface area contributed by atoms with E-state index in [2.05, 4.69) is 10.7 Å². The standard InChI is InChI=1S/C27H23FN4O5S/c1-2-37-26(36)18-8-12-20(13-9-18)29-23(33)16-22-25(35)31(21-14-10-19(28)11-15-21)27(38)32(22)30-24(34)17-6-4-3-5-7-17/h3-15,22H,2,16H2,1H3,(H,29,33)(H,30,34). The Morgan fingerprint density at radius 2 is 1.61 bits per heavy atom. The minimum atomic E-state index is -1.17. The molecule has 3 aromatic carbocycles. The Kier molecular flexibility index (Phi) is 8.07. The minimum Gasteiger partial charge on any atom is -0.462 e. The Bertz CT molecular complexity index is 1370. The first-order valence-electron chi connectivity index (χ1n) is 11.6. The van der Waals surface area contributed by atoms with Crippen molar-refractivity contribution in [3.8, 4) is 0 Å². The molecular weight excluding hydrogens is 511 g/mol. The maximum atomic E-state index is 13.5. The molecule has 2 N–H and O–H groups in total. The molecule has 3 amide bonds. The fourth-order valence-corrected chi connectivity index (χ4v) is 4.15. The Hall–Kier alpha value is -4.64. The van der Waals surface area contributed by atoms with Crippen molar-refractivity contribution in [2.24, 2.45) is 0 Å². The summed E-state index contributed by atoms with van der Waals surface area (Å²) in [6, 6.07) is 18.3. The van der Waals surface area contributed by atoms with Gasteiger partial charge in [-0.1, -0.05) is 18.2 Å². The molecule has 0 saturated carbocycles. The molecule has 1 aliphatic rings. The number of carbonyl (C=O) groups is 4. The number of hydrogen-bond acceptors (Lipinski definition) is 6. The van der Waals surface area contributed by atoms with Gasteiger partial charge in [-0.25, -0.2) is 14.2 Å². The summed E-state index contributed by atoms with van der Waals surface area (Å²) in [5, 5.41) is 3.78. The molecule has 3 aromatic rings. The number of anilines is 2. The van der Waals surface area contributed by atoms with Crippen LogP contribution in [0, 0.1) is 5.82 Å².